The number of amides is 2. The molecule has 2 atom stereocenters. The van der Waals surface area contributed by atoms with E-state index in [2.05, 4.69) is 36.3 Å². The van der Waals surface area contributed by atoms with Crippen LogP contribution in [-0.2, 0) is 10.2 Å². The standard InChI is InChI=1S/C24H26N4O3S/c1-24(2,3)22-26-27-23(32-22)25-20(29)18-16-8-6-7-9-17(16)21(30)28(4)19(18)14-10-12-15(31-5)13-11-14/h6-13,18-19H,1-5H3,(H,25,27,29)/t18-,19-/m0/s1. The van der Waals surface area contributed by atoms with E-state index in [1.165, 1.54) is 11.3 Å². The van der Waals surface area contributed by atoms with Crippen LogP contribution in [0, 0.1) is 0 Å². The number of ether oxygens (including phenoxy) is 1. The number of nitrogens with zero attached hydrogens (tertiary/aromatic N) is 3. The summed E-state index contributed by atoms with van der Waals surface area (Å²) >= 11 is 1.37. The Morgan fingerprint density at radius 1 is 1.09 bits per heavy atom. The van der Waals surface area contributed by atoms with Crippen LogP contribution >= 0.6 is 11.3 Å². The molecular formula is C24H26N4O3S. The van der Waals surface area contributed by atoms with Gasteiger partial charge in [0.05, 0.1) is 19.1 Å². The third-order valence-electron chi connectivity index (χ3n) is 5.62. The van der Waals surface area contributed by atoms with E-state index < -0.39 is 12.0 Å². The minimum absolute atomic E-state index is 0.114. The molecule has 1 aromatic heterocycles. The average molecular weight is 451 g/mol. The number of hydrogen-bond donors (Lipinski definition) is 1. The van der Waals surface area contributed by atoms with Gasteiger partial charge in [0.1, 0.15) is 10.8 Å². The molecule has 0 bridgehead atoms. The maximum atomic E-state index is 13.6. The lowest BCUT2D eigenvalue weighted by Crippen LogP contribution is -2.44. The number of nitrogens with one attached hydrogen (secondary N) is 1. The van der Waals surface area contributed by atoms with Gasteiger partial charge in [0, 0.05) is 18.0 Å². The van der Waals surface area contributed by atoms with Crippen molar-refractivity contribution < 1.29 is 14.3 Å². The van der Waals surface area contributed by atoms with Crippen LogP contribution < -0.4 is 10.1 Å². The second-order valence-corrected chi connectivity index (χ2v) is 9.83. The summed E-state index contributed by atoms with van der Waals surface area (Å²) < 4.78 is 5.27. The Morgan fingerprint density at radius 3 is 2.41 bits per heavy atom. The lowest BCUT2D eigenvalue weighted by Gasteiger charge is -2.39. The first-order valence-corrected chi connectivity index (χ1v) is 11.2. The van der Waals surface area contributed by atoms with Crippen LogP contribution in [0.5, 0.6) is 5.75 Å². The molecule has 0 fully saturated rings. The van der Waals surface area contributed by atoms with Crippen molar-refractivity contribution in [1.29, 1.82) is 0 Å². The minimum Gasteiger partial charge on any atom is -0.497 e. The predicted octanol–water partition coefficient (Wildman–Crippen LogP) is 4.39. The molecule has 8 heteroatoms. The van der Waals surface area contributed by atoms with Crippen LogP contribution in [0.15, 0.2) is 48.5 Å². The fourth-order valence-electron chi connectivity index (χ4n) is 3.93. The predicted molar refractivity (Wildman–Crippen MR) is 124 cm³/mol. The van der Waals surface area contributed by atoms with Crippen molar-refractivity contribution in [3.8, 4) is 5.75 Å². The van der Waals surface area contributed by atoms with Crippen molar-refractivity contribution in [2.45, 2.75) is 38.1 Å². The number of carbonyl (C=O) groups is 2. The van der Waals surface area contributed by atoms with E-state index in [-0.39, 0.29) is 17.2 Å². The van der Waals surface area contributed by atoms with E-state index in [0.29, 0.717) is 22.0 Å². The van der Waals surface area contributed by atoms with E-state index in [4.69, 9.17) is 4.74 Å². The monoisotopic (exact) mass is 450 g/mol. The van der Waals surface area contributed by atoms with Gasteiger partial charge in [0.25, 0.3) is 5.91 Å². The zero-order valence-electron chi connectivity index (χ0n) is 18.7. The summed E-state index contributed by atoms with van der Waals surface area (Å²) in [6, 6.07) is 14.3. The molecule has 32 heavy (non-hydrogen) atoms. The number of benzene rings is 2. The quantitative estimate of drug-likeness (QED) is 0.637. The molecule has 166 valence electrons. The molecule has 4 rings (SSSR count). The number of carbonyl (C=O) groups excluding carboxylic acids is 2. The Labute approximate surface area is 191 Å². The molecule has 0 aliphatic carbocycles. The summed E-state index contributed by atoms with van der Waals surface area (Å²) in [5.74, 6) is -0.238. The molecule has 0 saturated heterocycles. The number of likely N-dealkylation sites (N-methyl/N-ethyl adjacent to an activating group) is 1. The van der Waals surface area contributed by atoms with E-state index in [1.807, 2.05) is 42.5 Å². The topological polar surface area (TPSA) is 84.4 Å². The summed E-state index contributed by atoms with van der Waals surface area (Å²) in [6.07, 6.45) is 0. The van der Waals surface area contributed by atoms with Crippen molar-refractivity contribution in [2.24, 2.45) is 0 Å². The maximum Gasteiger partial charge on any atom is 0.254 e. The molecule has 0 saturated carbocycles. The van der Waals surface area contributed by atoms with Gasteiger partial charge in [-0.25, -0.2) is 0 Å². The van der Waals surface area contributed by atoms with Crippen molar-refractivity contribution in [1.82, 2.24) is 15.1 Å². The number of fused-ring (bicyclic) bond motifs is 1. The molecule has 7 nitrogen and oxygen atoms in total. The highest BCUT2D eigenvalue weighted by molar-refractivity contribution is 7.15. The second-order valence-electron chi connectivity index (χ2n) is 8.85. The Bertz CT molecular complexity index is 1150. The first kappa shape index (κ1) is 22.0. The van der Waals surface area contributed by atoms with Gasteiger partial charge in [-0.05, 0) is 29.3 Å². The third kappa shape index (κ3) is 3.98. The summed E-state index contributed by atoms with van der Waals surface area (Å²) in [5, 5.41) is 12.6. The van der Waals surface area contributed by atoms with E-state index in [0.717, 1.165) is 10.6 Å². The smallest absolute Gasteiger partial charge is 0.254 e. The number of rotatable bonds is 4. The second kappa shape index (κ2) is 8.35. The lowest BCUT2D eigenvalue weighted by molar-refractivity contribution is -0.119. The van der Waals surface area contributed by atoms with Crippen molar-refractivity contribution >= 4 is 28.3 Å². The zero-order chi connectivity index (χ0) is 23.0. The minimum atomic E-state index is -0.607. The van der Waals surface area contributed by atoms with Crippen molar-refractivity contribution in [3.63, 3.8) is 0 Å². The number of hydrogen-bond acceptors (Lipinski definition) is 6. The fourth-order valence-corrected chi connectivity index (χ4v) is 4.74. The Hall–Kier alpha value is -3.26. The summed E-state index contributed by atoms with van der Waals surface area (Å²) in [4.78, 5) is 28.4. The molecule has 3 aromatic rings. The highest BCUT2D eigenvalue weighted by Crippen LogP contribution is 2.43. The first-order chi connectivity index (χ1) is 15.2. The van der Waals surface area contributed by atoms with Gasteiger partial charge in [-0.15, -0.1) is 10.2 Å². The third-order valence-corrected chi connectivity index (χ3v) is 6.88. The molecule has 0 radical (unpaired) electrons. The average Bonchev–Trinajstić information content (AvgIpc) is 3.25. The molecule has 1 aliphatic rings. The van der Waals surface area contributed by atoms with Gasteiger partial charge < -0.3 is 9.64 Å². The van der Waals surface area contributed by atoms with Crippen LogP contribution in [-0.4, -0.2) is 41.1 Å². The van der Waals surface area contributed by atoms with E-state index in [1.54, 1.807) is 25.1 Å². The van der Waals surface area contributed by atoms with Crippen molar-refractivity contribution in [3.05, 3.63) is 70.2 Å². The van der Waals surface area contributed by atoms with Gasteiger partial charge in [-0.2, -0.15) is 0 Å². The van der Waals surface area contributed by atoms with E-state index in [9.17, 15) is 9.59 Å². The Morgan fingerprint density at radius 2 is 1.78 bits per heavy atom. The Kier molecular flexibility index (Phi) is 5.73. The molecule has 0 unspecified atom stereocenters. The molecule has 1 N–H and O–H groups in total. The molecule has 2 amide bonds. The van der Waals surface area contributed by atoms with Crippen LogP contribution in [0.25, 0.3) is 0 Å². The van der Waals surface area contributed by atoms with Crippen LogP contribution in [0.3, 0.4) is 0 Å². The zero-order valence-corrected chi connectivity index (χ0v) is 19.6. The summed E-state index contributed by atoms with van der Waals surface area (Å²) in [6.45, 7) is 6.16. The van der Waals surface area contributed by atoms with Gasteiger partial charge >= 0.3 is 0 Å². The number of anilines is 1. The molecule has 2 aromatic carbocycles. The first-order valence-electron chi connectivity index (χ1n) is 10.4. The lowest BCUT2D eigenvalue weighted by atomic mass is 9.79. The normalized spacial score (nSPS) is 18.3. The highest BCUT2D eigenvalue weighted by atomic mass is 32.1. The SMILES string of the molecule is COc1ccc([C@H]2[C@@H](C(=O)Nc3nnc(C(C)(C)C)s3)c3ccccc3C(=O)N2C)cc1. The van der Waals surface area contributed by atoms with Gasteiger partial charge in [0.15, 0.2) is 0 Å². The largest absolute Gasteiger partial charge is 0.497 e. The fraction of sp³-hybridized carbons (Fsp3) is 0.333. The summed E-state index contributed by atoms with van der Waals surface area (Å²) in [5.41, 5.74) is 1.93. The number of aromatic nitrogens is 2. The number of methoxy groups -OCH3 is 1. The van der Waals surface area contributed by atoms with Crippen LogP contribution in [0.1, 0.15) is 59.2 Å². The van der Waals surface area contributed by atoms with Crippen molar-refractivity contribution in [2.75, 3.05) is 19.5 Å². The molecular weight excluding hydrogens is 424 g/mol. The molecule has 0 spiro atoms. The summed E-state index contributed by atoms with van der Waals surface area (Å²) in [7, 11) is 3.34. The Balaban J connectivity index is 1.75. The maximum absolute atomic E-state index is 13.6. The van der Waals surface area contributed by atoms with Gasteiger partial charge in [-0.3, -0.25) is 14.9 Å². The van der Waals surface area contributed by atoms with Gasteiger partial charge in [0.2, 0.25) is 11.0 Å². The van der Waals surface area contributed by atoms with Crippen LogP contribution in [0.4, 0.5) is 5.13 Å². The molecule has 1 aliphatic heterocycles. The van der Waals surface area contributed by atoms with Gasteiger partial charge in [-0.1, -0.05) is 62.4 Å². The molecule has 2 heterocycles. The highest BCUT2D eigenvalue weighted by Gasteiger charge is 2.42. The van der Waals surface area contributed by atoms with Crippen LogP contribution in [0.2, 0.25) is 0 Å². The van der Waals surface area contributed by atoms with E-state index >= 15 is 0 Å².